The van der Waals surface area contributed by atoms with E-state index in [1.54, 1.807) is 0 Å². The smallest absolute Gasteiger partial charge is 0 e. The molecule has 0 aliphatic rings. The van der Waals surface area contributed by atoms with Gasteiger partial charge in [-0.05, 0) is 0 Å². The summed E-state index contributed by atoms with van der Waals surface area (Å²) in [7, 11) is 1.03. The third kappa shape index (κ3) is 18.2. The van der Waals surface area contributed by atoms with Crippen LogP contribution < -0.4 is 0 Å². The Bertz CT molecular complexity index is 4.85. The number of thiol groups is 1. The Balaban J connectivity index is -0.0000000200. The second-order valence-corrected chi connectivity index (χ2v) is 2.01. The zero-order valence-electron chi connectivity index (χ0n) is 2.26. The maximum absolute atomic E-state index is 4.17. The van der Waals surface area contributed by atoms with Crippen molar-refractivity contribution in [1.82, 2.24) is 0 Å². The number of rotatable bonds is 0. The first-order chi connectivity index (χ1) is 1.41. The van der Waals surface area contributed by atoms with E-state index in [4.69, 9.17) is 0 Å². The van der Waals surface area contributed by atoms with E-state index in [1.165, 1.54) is 0 Å². The van der Waals surface area contributed by atoms with Crippen molar-refractivity contribution in [1.29, 1.82) is 0 Å². The van der Waals surface area contributed by atoms with Gasteiger partial charge in [0.25, 0.3) is 0 Å². The van der Waals surface area contributed by atoms with Gasteiger partial charge < -0.3 is 11.7 Å². The van der Waals surface area contributed by atoms with Gasteiger partial charge in [0, 0.05) is 81.7 Å². The van der Waals surface area contributed by atoms with Crippen LogP contribution in [0.5, 0.6) is 0 Å². The summed E-state index contributed by atoms with van der Waals surface area (Å²) in [6, 6.07) is 0. The van der Waals surface area contributed by atoms with Crippen molar-refractivity contribution >= 4 is 33.1 Å². The minimum Gasteiger partial charge on any atom is -0.707 e. The first kappa shape index (κ1) is 15.9. The first-order valence-electron chi connectivity index (χ1n) is 0.349. The molecule has 0 nitrogen and oxygen atoms in total. The molecule has 0 spiro atoms. The van der Waals surface area contributed by atoms with E-state index in [0.29, 0.717) is 0 Å². The molecular formula is HNd2S3-. The molecule has 0 atom stereocenters. The van der Waals surface area contributed by atoms with Crippen LogP contribution in [0.4, 0.5) is 0 Å². The Morgan fingerprint density at radius 2 is 1.40 bits per heavy atom. The normalized spacial score (nSPS) is 3.60. The summed E-state index contributed by atoms with van der Waals surface area (Å²) in [5, 5.41) is 0. The van der Waals surface area contributed by atoms with Gasteiger partial charge in [-0.15, -0.1) is 11.7 Å². The van der Waals surface area contributed by atoms with Gasteiger partial charge in [0.05, 0.1) is 0 Å². The van der Waals surface area contributed by atoms with Crippen LogP contribution in [-0.2, 0) is 11.7 Å². The predicted molar refractivity (Wildman–Crippen MR) is 23.9 cm³/mol. The molecule has 0 saturated carbocycles. The zero-order valence-corrected chi connectivity index (χ0v) is 11.2. The van der Waals surface area contributed by atoms with Crippen molar-refractivity contribution in [3.05, 3.63) is 0 Å². The quantitative estimate of drug-likeness (QED) is 0.376. The Morgan fingerprint density at radius 1 is 1.40 bits per heavy atom. The summed E-state index contributed by atoms with van der Waals surface area (Å²) >= 11 is 7.69. The fraction of sp³-hybridized carbons (Fsp3) is 0. The third-order valence-electron chi connectivity index (χ3n) is 0. The van der Waals surface area contributed by atoms with Gasteiger partial charge in [0.1, 0.15) is 0 Å². The topological polar surface area (TPSA) is 0 Å². The molecule has 5 heteroatoms. The standard InChI is InChI=1S/2Nd.H2S3/c;;1-3-2/h;;1-2H/p-1. The molecule has 0 bridgehead atoms. The summed E-state index contributed by atoms with van der Waals surface area (Å²) in [5.41, 5.74) is 0. The molecule has 0 N–H and O–H groups in total. The molecule has 0 rings (SSSR count). The molecule has 0 aromatic rings. The van der Waals surface area contributed by atoms with E-state index < -0.39 is 0 Å². The van der Waals surface area contributed by atoms with E-state index >= 15 is 0 Å². The van der Waals surface area contributed by atoms with Crippen LogP contribution in [0.1, 0.15) is 0 Å². The maximum atomic E-state index is 4.17. The Labute approximate surface area is 112 Å². The molecule has 0 saturated heterocycles. The predicted octanol–water partition coefficient (Wildman–Crippen LogP) is 1.03. The van der Waals surface area contributed by atoms with E-state index in [2.05, 4.69) is 23.3 Å². The fourth-order valence-electron chi connectivity index (χ4n) is 0. The summed E-state index contributed by atoms with van der Waals surface area (Å²) in [6.07, 6.45) is 0. The van der Waals surface area contributed by atoms with Gasteiger partial charge in [-0.25, -0.2) is 0 Å². The number of hydrogen-bond acceptors (Lipinski definition) is 3. The fourth-order valence-corrected chi connectivity index (χ4v) is 0. The van der Waals surface area contributed by atoms with Crippen molar-refractivity contribution in [3.63, 3.8) is 0 Å². The van der Waals surface area contributed by atoms with Gasteiger partial charge >= 0.3 is 0 Å². The largest absolute Gasteiger partial charge is 0.707 e. The summed E-state index contributed by atoms with van der Waals surface area (Å²) in [4.78, 5) is 0. The minimum absolute atomic E-state index is 0. The molecule has 0 aliphatic carbocycles. The van der Waals surface area contributed by atoms with Gasteiger partial charge in [-0.1, -0.05) is 0 Å². The van der Waals surface area contributed by atoms with Crippen molar-refractivity contribution in [2.24, 2.45) is 0 Å². The second kappa shape index (κ2) is 15.7. The van der Waals surface area contributed by atoms with Crippen LogP contribution in [0, 0.1) is 81.7 Å². The summed E-state index contributed by atoms with van der Waals surface area (Å²) < 4.78 is 0. The Hall–Kier alpha value is 3.75. The molecule has 0 radical (unpaired) electrons. The van der Waals surface area contributed by atoms with Crippen LogP contribution in [0.3, 0.4) is 0 Å². The van der Waals surface area contributed by atoms with Gasteiger partial charge in [-0.3, -0.25) is 9.83 Å². The van der Waals surface area contributed by atoms with E-state index in [9.17, 15) is 0 Å². The van der Waals surface area contributed by atoms with E-state index in [0.717, 1.165) is 9.83 Å². The van der Waals surface area contributed by atoms with Crippen LogP contribution in [0.15, 0.2) is 0 Å². The average Bonchev–Trinajstić information content (AvgIpc) is 0.918. The number of hydrogen-bond donors (Lipinski definition) is 1. The van der Waals surface area contributed by atoms with Crippen molar-refractivity contribution in [2.75, 3.05) is 0 Å². The summed E-state index contributed by atoms with van der Waals surface area (Å²) in [5.74, 6) is 0. The molecule has 0 unspecified atom stereocenters. The van der Waals surface area contributed by atoms with Gasteiger partial charge in [0.15, 0.2) is 0 Å². The molecule has 0 heterocycles. The van der Waals surface area contributed by atoms with Crippen LogP contribution in [-0.4, -0.2) is 0 Å². The van der Waals surface area contributed by atoms with Crippen molar-refractivity contribution < 1.29 is 81.7 Å². The summed E-state index contributed by atoms with van der Waals surface area (Å²) in [6.45, 7) is 0. The third-order valence-corrected chi connectivity index (χ3v) is 0. The van der Waals surface area contributed by atoms with Crippen LogP contribution >= 0.6 is 21.5 Å². The SMILES string of the molecule is [Nd].[Nd].[S-]SS. The van der Waals surface area contributed by atoms with Crippen molar-refractivity contribution in [3.8, 4) is 0 Å². The second-order valence-electron chi connectivity index (χ2n) is 0.0745. The molecular weight excluding hydrogens is 385 g/mol. The maximum Gasteiger partial charge on any atom is 0 e. The van der Waals surface area contributed by atoms with Gasteiger partial charge in [0.2, 0.25) is 0 Å². The van der Waals surface area contributed by atoms with Crippen LogP contribution in [0.2, 0.25) is 0 Å². The first-order valence-corrected chi connectivity index (χ1v) is 3.14. The van der Waals surface area contributed by atoms with Crippen LogP contribution in [0.25, 0.3) is 0 Å². The van der Waals surface area contributed by atoms with E-state index in [1.807, 2.05) is 0 Å². The Kier molecular flexibility index (Phi) is 49.8. The molecule has 5 heavy (non-hydrogen) atoms. The van der Waals surface area contributed by atoms with Gasteiger partial charge in [-0.2, -0.15) is 0 Å². The molecule has 28 valence electrons. The molecule has 0 aromatic carbocycles. The van der Waals surface area contributed by atoms with Crippen molar-refractivity contribution in [2.45, 2.75) is 0 Å². The average molecular weight is 386 g/mol. The molecule has 0 amide bonds. The van der Waals surface area contributed by atoms with E-state index in [-0.39, 0.29) is 81.7 Å². The molecule has 0 aliphatic heterocycles. The Morgan fingerprint density at radius 3 is 1.40 bits per heavy atom. The molecule has 0 aromatic heterocycles. The molecule has 0 fully saturated rings. The zero-order chi connectivity index (χ0) is 2.71. The minimum atomic E-state index is 0. The monoisotopic (exact) mass is 381 g/mol.